The summed E-state index contributed by atoms with van der Waals surface area (Å²) in [6.45, 7) is 6.89. The molecule has 0 radical (unpaired) electrons. The van der Waals surface area contributed by atoms with Crippen molar-refractivity contribution in [2.24, 2.45) is 0 Å². The molecule has 0 aromatic carbocycles. The number of likely N-dealkylation sites (N-methyl/N-ethyl adjacent to an activating group) is 1. The number of hydrogen-bond acceptors (Lipinski definition) is 3. The van der Waals surface area contributed by atoms with Crippen LogP contribution < -0.4 is 5.73 Å². The molecule has 1 unspecified atom stereocenters. The molecule has 1 heterocycles. The first-order chi connectivity index (χ1) is 8.08. The van der Waals surface area contributed by atoms with Crippen LogP contribution in [0.25, 0.3) is 0 Å². The van der Waals surface area contributed by atoms with Gasteiger partial charge in [0, 0.05) is 18.3 Å². The summed E-state index contributed by atoms with van der Waals surface area (Å²) in [6.07, 6.45) is 2.90. The number of nitrogen functional groups attached to an aromatic ring is 1. The van der Waals surface area contributed by atoms with Gasteiger partial charge in [-0.3, -0.25) is 9.78 Å². The van der Waals surface area contributed by atoms with E-state index in [9.17, 15) is 4.79 Å². The largest absolute Gasteiger partial charge is 0.397 e. The van der Waals surface area contributed by atoms with Gasteiger partial charge in [-0.05, 0) is 32.4 Å². The Morgan fingerprint density at radius 3 is 2.65 bits per heavy atom. The lowest BCUT2D eigenvalue weighted by Crippen LogP contribution is -2.39. The molecule has 94 valence electrons. The zero-order valence-electron chi connectivity index (χ0n) is 10.8. The molecule has 0 aliphatic rings. The maximum Gasteiger partial charge on any atom is 0.228 e. The second-order valence-electron chi connectivity index (χ2n) is 4.20. The first kappa shape index (κ1) is 13.5. The van der Waals surface area contributed by atoms with E-state index in [-0.39, 0.29) is 11.9 Å². The van der Waals surface area contributed by atoms with Gasteiger partial charge in [0.1, 0.15) is 0 Å². The summed E-state index contributed by atoms with van der Waals surface area (Å²) in [5.74, 6) is 0.124. The van der Waals surface area contributed by atoms with Gasteiger partial charge in [0.15, 0.2) is 0 Å². The molecule has 1 aromatic rings. The number of nitrogens with zero attached hydrogens (tertiary/aromatic N) is 2. The average molecular weight is 235 g/mol. The van der Waals surface area contributed by atoms with Crippen molar-refractivity contribution in [3.8, 4) is 0 Å². The highest BCUT2D eigenvalue weighted by molar-refractivity contribution is 5.78. The summed E-state index contributed by atoms with van der Waals surface area (Å²) in [5, 5.41) is 0. The van der Waals surface area contributed by atoms with E-state index in [4.69, 9.17) is 5.73 Å². The highest BCUT2D eigenvalue weighted by Crippen LogP contribution is 2.08. The first-order valence-corrected chi connectivity index (χ1v) is 6.08. The SMILES string of the molecule is CCC(C)N(CC)C(=O)Cc1ccc(N)cn1. The highest BCUT2D eigenvalue weighted by atomic mass is 16.2. The van der Waals surface area contributed by atoms with Crippen molar-refractivity contribution in [1.29, 1.82) is 0 Å². The molecule has 1 atom stereocenters. The molecule has 0 saturated carbocycles. The van der Waals surface area contributed by atoms with Crippen LogP contribution in [-0.2, 0) is 11.2 Å². The molecule has 1 aromatic heterocycles. The quantitative estimate of drug-likeness (QED) is 0.847. The number of hydrogen-bond donors (Lipinski definition) is 1. The van der Waals surface area contributed by atoms with Gasteiger partial charge in [-0.1, -0.05) is 6.92 Å². The van der Waals surface area contributed by atoms with E-state index < -0.39 is 0 Å². The summed E-state index contributed by atoms with van der Waals surface area (Å²) >= 11 is 0. The molecular formula is C13H21N3O. The van der Waals surface area contributed by atoms with Crippen LogP contribution in [0.4, 0.5) is 5.69 Å². The zero-order chi connectivity index (χ0) is 12.8. The van der Waals surface area contributed by atoms with E-state index in [0.717, 1.165) is 18.7 Å². The van der Waals surface area contributed by atoms with Crippen LogP contribution in [0.3, 0.4) is 0 Å². The topological polar surface area (TPSA) is 59.2 Å². The number of aromatic nitrogens is 1. The molecule has 17 heavy (non-hydrogen) atoms. The molecule has 1 rings (SSSR count). The Morgan fingerprint density at radius 1 is 1.47 bits per heavy atom. The van der Waals surface area contributed by atoms with Crippen molar-refractivity contribution in [3.05, 3.63) is 24.0 Å². The van der Waals surface area contributed by atoms with Gasteiger partial charge >= 0.3 is 0 Å². The summed E-state index contributed by atoms with van der Waals surface area (Å²) in [5.41, 5.74) is 6.95. The number of nitrogens with two attached hydrogens (primary N) is 1. The third kappa shape index (κ3) is 3.73. The van der Waals surface area contributed by atoms with Gasteiger partial charge in [0.25, 0.3) is 0 Å². The molecule has 0 bridgehead atoms. The Hall–Kier alpha value is -1.58. The number of carbonyl (C=O) groups excluding carboxylic acids is 1. The summed E-state index contributed by atoms with van der Waals surface area (Å²) < 4.78 is 0. The molecule has 4 heteroatoms. The Bertz CT molecular complexity index is 361. The molecule has 0 aliphatic heterocycles. The van der Waals surface area contributed by atoms with Crippen molar-refractivity contribution >= 4 is 11.6 Å². The van der Waals surface area contributed by atoms with Crippen LogP contribution in [0, 0.1) is 0 Å². The number of pyridine rings is 1. The molecular weight excluding hydrogens is 214 g/mol. The second kappa shape index (κ2) is 6.23. The molecule has 0 saturated heterocycles. The van der Waals surface area contributed by atoms with Gasteiger partial charge in [-0.2, -0.15) is 0 Å². The van der Waals surface area contributed by atoms with E-state index >= 15 is 0 Å². The van der Waals surface area contributed by atoms with E-state index in [2.05, 4.69) is 18.8 Å². The van der Waals surface area contributed by atoms with Crippen molar-refractivity contribution in [1.82, 2.24) is 9.88 Å². The van der Waals surface area contributed by atoms with Crippen LogP contribution >= 0.6 is 0 Å². The predicted octanol–water partition coefficient (Wildman–Crippen LogP) is 1.85. The summed E-state index contributed by atoms with van der Waals surface area (Å²) in [6, 6.07) is 3.86. The molecule has 1 amide bonds. The van der Waals surface area contributed by atoms with Crippen molar-refractivity contribution in [2.45, 2.75) is 39.7 Å². The number of carbonyl (C=O) groups is 1. The van der Waals surface area contributed by atoms with Crippen LogP contribution in [0.1, 0.15) is 32.9 Å². The van der Waals surface area contributed by atoms with Crippen LogP contribution in [0.2, 0.25) is 0 Å². The fraction of sp³-hybridized carbons (Fsp3) is 0.538. The van der Waals surface area contributed by atoms with Crippen LogP contribution in [-0.4, -0.2) is 28.4 Å². The fourth-order valence-corrected chi connectivity index (χ4v) is 1.75. The monoisotopic (exact) mass is 235 g/mol. The van der Waals surface area contributed by atoms with Gasteiger partial charge < -0.3 is 10.6 Å². The lowest BCUT2D eigenvalue weighted by atomic mass is 10.2. The molecule has 2 N–H and O–H groups in total. The Morgan fingerprint density at radius 2 is 2.18 bits per heavy atom. The minimum absolute atomic E-state index is 0.124. The maximum atomic E-state index is 12.1. The minimum Gasteiger partial charge on any atom is -0.397 e. The molecule has 0 aliphatic carbocycles. The molecule has 4 nitrogen and oxygen atoms in total. The van der Waals surface area contributed by atoms with Crippen molar-refractivity contribution < 1.29 is 4.79 Å². The third-order valence-corrected chi connectivity index (χ3v) is 2.96. The van der Waals surface area contributed by atoms with Gasteiger partial charge in [0.05, 0.1) is 18.3 Å². The van der Waals surface area contributed by atoms with Gasteiger partial charge in [-0.25, -0.2) is 0 Å². The highest BCUT2D eigenvalue weighted by Gasteiger charge is 2.17. The Kier molecular flexibility index (Phi) is 4.94. The zero-order valence-corrected chi connectivity index (χ0v) is 10.8. The van der Waals surface area contributed by atoms with E-state index in [1.807, 2.05) is 11.8 Å². The average Bonchev–Trinajstić information content (AvgIpc) is 2.32. The lowest BCUT2D eigenvalue weighted by Gasteiger charge is -2.27. The van der Waals surface area contributed by atoms with E-state index in [0.29, 0.717) is 12.1 Å². The maximum absolute atomic E-state index is 12.1. The Labute approximate surface area is 103 Å². The third-order valence-electron chi connectivity index (χ3n) is 2.96. The summed E-state index contributed by atoms with van der Waals surface area (Å²) in [4.78, 5) is 18.1. The van der Waals surface area contributed by atoms with Gasteiger partial charge in [-0.15, -0.1) is 0 Å². The lowest BCUT2D eigenvalue weighted by molar-refractivity contribution is -0.132. The summed E-state index contributed by atoms with van der Waals surface area (Å²) in [7, 11) is 0. The minimum atomic E-state index is 0.124. The van der Waals surface area contributed by atoms with Crippen LogP contribution in [0.5, 0.6) is 0 Å². The smallest absolute Gasteiger partial charge is 0.228 e. The van der Waals surface area contributed by atoms with Gasteiger partial charge in [0.2, 0.25) is 5.91 Å². The van der Waals surface area contributed by atoms with E-state index in [1.54, 1.807) is 18.3 Å². The molecule has 0 spiro atoms. The number of amides is 1. The fourth-order valence-electron chi connectivity index (χ4n) is 1.75. The van der Waals surface area contributed by atoms with Crippen molar-refractivity contribution in [2.75, 3.05) is 12.3 Å². The first-order valence-electron chi connectivity index (χ1n) is 6.08. The van der Waals surface area contributed by atoms with Crippen LogP contribution in [0.15, 0.2) is 18.3 Å². The predicted molar refractivity (Wildman–Crippen MR) is 69.5 cm³/mol. The Balaban J connectivity index is 2.67. The molecule has 0 fully saturated rings. The van der Waals surface area contributed by atoms with Crippen molar-refractivity contribution in [3.63, 3.8) is 0 Å². The second-order valence-corrected chi connectivity index (χ2v) is 4.20. The normalized spacial score (nSPS) is 12.2. The number of anilines is 1. The standard InChI is InChI=1S/C13H21N3O/c1-4-10(3)16(5-2)13(17)8-12-7-6-11(14)9-15-12/h6-7,9-10H,4-5,8,14H2,1-3H3. The van der Waals surface area contributed by atoms with E-state index in [1.165, 1.54) is 0 Å². The number of rotatable bonds is 5.